The summed E-state index contributed by atoms with van der Waals surface area (Å²) in [5.74, 6) is 0.439. The molecule has 2 heterocycles. The molecule has 4 rings (SSSR count). The third-order valence-corrected chi connectivity index (χ3v) is 4.88. The summed E-state index contributed by atoms with van der Waals surface area (Å²) >= 11 is 0. The smallest absolute Gasteiger partial charge is 0.291 e. The maximum absolute atomic E-state index is 12.8. The molecule has 27 heavy (non-hydrogen) atoms. The molecule has 0 spiro atoms. The Bertz CT molecular complexity index is 1100. The highest BCUT2D eigenvalue weighted by Crippen LogP contribution is 2.34. The molecule has 0 atom stereocenters. The number of hydrogen-bond acceptors (Lipinski definition) is 4. The van der Waals surface area contributed by atoms with Gasteiger partial charge < -0.3 is 19.4 Å². The zero-order valence-corrected chi connectivity index (χ0v) is 15.7. The number of fused-ring (bicyclic) bond motifs is 2. The third-order valence-electron chi connectivity index (χ3n) is 4.88. The first-order valence-electron chi connectivity index (χ1n) is 8.70. The molecule has 0 saturated carbocycles. The van der Waals surface area contributed by atoms with Gasteiger partial charge in [-0.3, -0.25) is 9.59 Å². The van der Waals surface area contributed by atoms with E-state index in [0.717, 1.165) is 22.1 Å². The van der Waals surface area contributed by atoms with Crippen LogP contribution in [0.2, 0.25) is 0 Å². The summed E-state index contributed by atoms with van der Waals surface area (Å²) < 4.78 is 11.3. The SMILES string of the molecule is Cc1cc(C)c2c(C)c(C(=O)Nc3ccc4c(c3)N(C)C(=O)CO4)oc2c1. The van der Waals surface area contributed by atoms with Crippen LogP contribution in [0.4, 0.5) is 11.4 Å². The highest BCUT2D eigenvalue weighted by molar-refractivity contribution is 6.07. The Morgan fingerprint density at radius 2 is 1.93 bits per heavy atom. The van der Waals surface area contributed by atoms with Crippen LogP contribution in [0, 0.1) is 20.8 Å². The number of nitrogens with one attached hydrogen (secondary N) is 1. The van der Waals surface area contributed by atoms with Crippen LogP contribution >= 0.6 is 0 Å². The molecule has 1 aromatic heterocycles. The lowest BCUT2D eigenvalue weighted by Gasteiger charge is -2.26. The highest BCUT2D eigenvalue weighted by atomic mass is 16.5. The molecule has 6 nitrogen and oxygen atoms in total. The molecule has 6 heteroatoms. The minimum absolute atomic E-state index is 0.0200. The van der Waals surface area contributed by atoms with Crippen molar-refractivity contribution < 1.29 is 18.7 Å². The van der Waals surface area contributed by atoms with Crippen LogP contribution in [0.3, 0.4) is 0 Å². The fourth-order valence-electron chi connectivity index (χ4n) is 3.54. The van der Waals surface area contributed by atoms with Gasteiger partial charge in [-0.1, -0.05) is 6.07 Å². The van der Waals surface area contributed by atoms with E-state index in [2.05, 4.69) is 11.4 Å². The quantitative estimate of drug-likeness (QED) is 0.747. The van der Waals surface area contributed by atoms with E-state index in [0.29, 0.717) is 22.7 Å². The predicted molar refractivity (Wildman–Crippen MR) is 104 cm³/mol. The van der Waals surface area contributed by atoms with Gasteiger partial charge in [-0.25, -0.2) is 0 Å². The van der Waals surface area contributed by atoms with Crippen molar-refractivity contribution in [2.45, 2.75) is 20.8 Å². The minimum Gasteiger partial charge on any atom is -0.482 e. The normalized spacial score (nSPS) is 13.5. The van der Waals surface area contributed by atoms with Crippen molar-refractivity contribution in [3.8, 4) is 5.75 Å². The molecule has 0 aliphatic carbocycles. The van der Waals surface area contributed by atoms with Gasteiger partial charge in [-0.05, 0) is 56.2 Å². The first-order valence-corrected chi connectivity index (χ1v) is 8.70. The van der Waals surface area contributed by atoms with E-state index in [1.54, 1.807) is 25.2 Å². The maximum Gasteiger partial charge on any atom is 0.291 e. The molecule has 1 aliphatic rings. The van der Waals surface area contributed by atoms with E-state index in [1.807, 2.05) is 26.8 Å². The summed E-state index contributed by atoms with van der Waals surface area (Å²) in [5.41, 5.74) is 4.88. The minimum atomic E-state index is -0.327. The van der Waals surface area contributed by atoms with Crippen LogP contribution in [0.15, 0.2) is 34.7 Å². The van der Waals surface area contributed by atoms with Gasteiger partial charge in [0.15, 0.2) is 12.4 Å². The van der Waals surface area contributed by atoms with Crippen molar-refractivity contribution in [3.05, 3.63) is 52.8 Å². The first kappa shape index (κ1) is 17.1. The lowest BCUT2D eigenvalue weighted by Crippen LogP contribution is -2.35. The zero-order chi connectivity index (χ0) is 19.3. The Morgan fingerprint density at radius 1 is 1.15 bits per heavy atom. The number of nitrogens with zero attached hydrogens (tertiary/aromatic N) is 1. The average molecular weight is 364 g/mol. The average Bonchev–Trinajstić information content (AvgIpc) is 2.95. The molecule has 0 fully saturated rings. The number of benzene rings is 2. The summed E-state index contributed by atoms with van der Waals surface area (Å²) in [4.78, 5) is 26.1. The molecule has 0 saturated heterocycles. The van der Waals surface area contributed by atoms with Crippen molar-refractivity contribution in [1.82, 2.24) is 0 Å². The summed E-state index contributed by atoms with van der Waals surface area (Å²) in [6.07, 6.45) is 0. The first-order chi connectivity index (χ1) is 12.8. The van der Waals surface area contributed by atoms with Crippen LogP contribution in [-0.4, -0.2) is 25.5 Å². The Kier molecular flexibility index (Phi) is 3.91. The molecule has 0 unspecified atom stereocenters. The molecule has 1 aliphatic heterocycles. The Hall–Kier alpha value is -3.28. The molecule has 1 N–H and O–H groups in total. The van der Waals surface area contributed by atoms with E-state index >= 15 is 0 Å². The predicted octanol–water partition coefficient (Wildman–Crippen LogP) is 3.97. The molecule has 2 amide bonds. The number of carbonyl (C=O) groups excluding carboxylic acids is 2. The Morgan fingerprint density at radius 3 is 2.70 bits per heavy atom. The van der Waals surface area contributed by atoms with E-state index in [1.165, 1.54) is 4.90 Å². The molecule has 2 aromatic carbocycles. The number of carbonyl (C=O) groups is 2. The number of aryl methyl sites for hydroxylation is 3. The standard InChI is InChI=1S/C21H20N2O4/c1-11-7-12(2)19-13(3)20(27-17(19)8-11)21(25)22-14-5-6-16-15(9-14)23(4)18(24)10-26-16/h5-9H,10H2,1-4H3,(H,22,25). The summed E-state index contributed by atoms with van der Waals surface area (Å²) in [7, 11) is 1.68. The van der Waals surface area contributed by atoms with Crippen molar-refractivity contribution >= 4 is 34.2 Å². The van der Waals surface area contributed by atoms with E-state index < -0.39 is 0 Å². The van der Waals surface area contributed by atoms with Crippen molar-refractivity contribution in [2.75, 3.05) is 23.9 Å². The Labute approximate surface area is 156 Å². The topological polar surface area (TPSA) is 71.8 Å². The van der Waals surface area contributed by atoms with Crippen molar-refractivity contribution in [2.24, 2.45) is 0 Å². The monoisotopic (exact) mass is 364 g/mol. The third kappa shape index (κ3) is 2.83. The van der Waals surface area contributed by atoms with Crippen LogP contribution in [0.1, 0.15) is 27.2 Å². The summed E-state index contributed by atoms with van der Waals surface area (Å²) in [6, 6.07) is 9.21. The van der Waals surface area contributed by atoms with Gasteiger partial charge in [0.1, 0.15) is 11.3 Å². The van der Waals surface area contributed by atoms with Gasteiger partial charge in [0, 0.05) is 23.7 Å². The molecule has 3 aromatic rings. The van der Waals surface area contributed by atoms with Gasteiger partial charge >= 0.3 is 0 Å². The van der Waals surface area contributed by atoms with Gasteiger partial charge in [0.25, 0.3) is 11.8 Å². The van der Waals surface area contributed by atoms with Gasteiger partial charge in [-0.15, -0.1) is 0 Å². The molecule has 138 valence electrons. The molecule has 0 bridgehead atoms. The number of hydrogen-bond donors (Lipinski definition) is 1. The van der Waals surface area contributed by atoms with E-state index in [-0.39, 0.29) is 24.2 Å². The number of rotatable bonds is 2. The molecular formula is C21H20N2O4. The van der Waals surface area contributed by atoms with E-state index in [4.69, 9.17) is 9.15 Å². The van der Waals surface area contributed by atoms with Crippen molar-refractivity contribution in [3.63, 3.8) is 0 Å². The Balaban J connectivity index is 1.67. The summed E-state index contributed by atoms with van der Waals surface area (Å²) in [6.45, 7) is 5.91. The second-order valence-corrected chi connectivity index (χ2v) is 6.89. The number of likely N-dealkylation sites (N-methyl/N-ethyl adjacent to an activating group) is 1. The lowest BCUT2D eigenvalue weighted by molar-refractivity contribution is -0.120. The van der Waals surface area contributed by atoms with Crippen LogP contribution in [0.5, 0.6) is 5.75 Å². The molecular weight excluding hydrogens is 344 g/mol. The molecule has 0 radical (unpaired) electrons. The fourth-order valence-corrected chi connectivity index (χ4v) is 3.54. The fraction of sp³-hybridized carbons (Fsp3) is 0.238. The van der Waals surface area contributed by atoms with E-state index in [9.17, 15) is 9.59 Å². The number of anilines is 2. The van der Waals surface area contributed by atoms with Gasteiger partial charge in [0.2, 0.25) is 0 Å². The lowest BCUT2D eigenvalue weighted by atomic mass is 10.0. The number of ether oxygens (including phenoxy) is 1. The number of amides is 2. The van der Waals surface area contributed by atoms with Crippen LogP contribution in [0.25, 0.3) is 11.0 Å². The largest absolute Gasteiger partial charge is 0.482 e. The van der Waals surface area contributed by atoms with Crippen LogP contribution in [-0.2, 0) is 4.79 Å². The second-order valence-electron chi connectivity index (χ2n) is 6.89. The van der Waals surface area contributed by atoms with Gasteiger partial charge in [-0.2, -0.15) is 0 Å². The number of furan rings is 1. The maximum atomic E-state index is 12.8. The zero-order valence-electron chi connectivity index (χ0n) is 15.7. The second kappa shape index (κ2) is 6.16. The van der Waals surface area contributed by atoms with Crippen LogP contribution < -0.4 is 15.0 Å². The highest BCUT2D eigenvalue weighted by Gasteiger charge is 2.24. The summed E-state index contributed by atoms with van der Waals surface area (Å²) in [5, 5.41) is 3.82. The van der Waals surface area contributed by atoms with Gasteiger partial charge in [0.05, 0.1) is 5.69 Å². The van der Waals surface area contributed by atoms with Crippen molar-refractivity contribution in [1.29, 1.82) is 0 Å².